The number of benzene rings is 3. The predicted octanol–water partition coefficient (Wildman–Crippen LogP) is 5.80. The Balaban J connectivity index is 0.000000655. The van der Waals surface area contributed by atoms with Gasteiger partial charge in [0.2, 0.25) is 0 Å². The van der Waals surface area contributed by atoms with Crippen LogP contribution in [0.15, 0.2) is 71.7 Å². The molecule has 9 heteroatoms. The molecule has 40 heavy (non-hydrogen) atoms. The van der Waals surface area contributed by atoms with Gasteiger partial charge in [0, 0.05) is 12.4 Å². The van der Waals surface area contributed by atoms with Crippen molar-refractivity contribution in [3.05, 3.63) is 89.1 Å². The van der Waals surface area contributed by atoms with E-state index in [4.69, 9.17) is 26.4 Å². The minimum Gasteiger partial charge on any atom is -0.542 e. The minimum atomic E-state index is -5.19. The molecule has 0 aliphatic carbocycles. The van der Waals surface area contributed by atoms with E-state index in [1.807, 2.05) is 0 Å². The van der Waals surface area contributed by atoms with Crippen LogP contribution in [0.25, 0.3) is 33.2 Å². The van der Waals surface area contributed by atoms with Gasteiger partial charge >= 0.3 is 6.18 Å². The van der Waals surface area contributed by atoms with E-state index in [9.17, 15) is 13.2 Å². The summed E-state index contributed by atoms with van der Waals surface area (Å²) in [6.45, 7) is 11.3. The van der Waals surface area contributed by atoms with Crippen LogP contribution in [-0.4, -0.2) is 23.1 Å². The number of pyridine rings is 1. The zero-order valence-electron chi connectivity index (χ0n) is 23.1. The van der Waals surface area contributed by atoms with Crippen molar-refractivity contribution in [2.45, 2.75) is 52.8 Å². The smallest absolute Gasteiger partial charge is 0.430 e. The molecule has 0 atom stereocenters. The van der Waals surface area contributed by atoms with Gasteiger partial charge < -0.3 is 21.4 Å². The van der Waals surface area contributed by atoms with Crippen molar-refractivity contribution in [1.29, 1.82) is 0 Å². The van der Waals surface area contributed by atoms with Gasteiger partial charge in [-0.05, 0) is 70.7 Å². The first-order valence-electron chi connectivity index (χ1n) is 12.5. The number of carboxylic acid groups (broad SMARTS) is 1. The van der Waals surface area contributed by atoms with Gasteiger partial charge in [-0.2, -0.15) is 13.2 Å². The molecule has 0 fully saturated rings. The third-order valence-electron chi connectivity index (χ3n) is 6.41. The van der Waals surface area contributed by atoms with E-state index in [1.165, 1.54) is 27.8 Å². The minimum absolute atomic E-state index is 0. The monoisotopic (exact) mass is 551 g/mol. The number of nitrogens with two attached hydrogens (primary N) is 2. The molecule has 0 radical (unpaired) electrons. The first-order chi connectivity index (χ1) is 18.6. The van der Waals surface area contributed by atoms with Crippen molar-refractivity contribution in [3.63, 3.8) is 0 Å². The quantitative estimate of drug-likeness (QED) is 0.246. The molecule has 4 rings (SSSR count). The number of nitrogens with zero attached hydrogens (tertiary/aromatic N) is 2. The van der Waals surface area contributed by atoms with Crippen molar-refractivity contribution in [3.8, 4) is 22.4 Å². The van der Waals surface area contributed by atoms with Crippen molar-refractivity contribution in [1.82, 2.24) is 4.98 Å². The van der Waals surface area contributed by atoms with E-state index in [0.717, 1.165) is 27.7 Å². The van der Waals surface area contributed by atoms with Crippen molar-refractivity contribution in [2.75, 3.05) is 0 Å². The Kier molecular flexibility index (Phi) is 8.87. The number of aliphatic carboxylic acids is 1. The molecular weight excluding hydrogens is 517 g/mol. The molecule has 0 spiro atoms. The number of hydrogen-bond acceptors (Lipinski definition) is 4. The second-order valence-corrected chi connectivity index (χ2v) is 10.5. The Labute approximate surface area is 233 Å². The summed E-state index contributed by atoms with van der Waals surface area (Å²) >= 11 is 0. The molecule has 0 unspecified atom stereocenters. The number of rotatable bonds is 4. The number of carbonyl (C=O) groups excluding carboxylic acids is 1. The van der Waals surface area contributed by atoms with Crippen molar-refractivity contribution < 1.29 is 24.5 Å². The first-order valence-corrected chi connectivity index (χ1v) is 12.5. The van der Waals surface area contributed by atoms with Gasteiger partial charge in [-0.15, -0.1) is 0 Å². The Morgan fingerprint density at radius 3 is 2.02 bits per heavy atom. The third-order valence-corrected chi connectivity index (χ3v) is 6.41. The van der Waals surface area contributed by atoms with Gasteiger partial charge in [0.25, 0.3) is 0 Å². The van der Waals surface area contributed by atoms with E-state index < -0.39 is 12.1 Å². The molecule has 0 saturated heterocycles. The van der Waals surface area contributed by atoms with Crippen LogP contribution in [0, 0.1) is 13.8 Å². The molecule has 4 N–H and O–H groups in total. The summed E-state index contributed by atoms with van der Waals surface area (Å²) in [5, 5.41) is 11.0. The summed E-state index contributed by atoms with van der Waals surface area (Å²) in [6, 6.07) is 23.9. The fourth-order valence-electron chi connectivity index (χ4n) is 4.05. The number of aryl methyl sites for hydroxylation is 2. The molecule has 0 amide bonds. The maximum atomic E-state index is 10.5. The number of alkyl halides is 3. The van der Waals surface area contributed by atoms with Gasteiger partial charge in [-0.1, -0.05) is 69.3 Å². The average molecular weight is 552 g/mol. The molecule has 0 aliphatic rings. The van der Waals surface area contributed by atoms with Gasteiger partial charge in [0.15, 0.2) is 5.96 Å². The lowest BCUT2D eigenvalue weighted by Gasteiger charge is -2.19. The standard InChI is InChI=1S/C29H32N4.C2HF3O2.H2/c1-18-13-23-16-26(33-27(17-32-28(30)31)25(23)14-19(18)2)22-8-6-7-21(15-22)20-9-11-24(12-10-20)29(3,4)5;3-2(4,5)1(6)7;/h6-16H,17H2,1-5H3,(H4,30,31,32);(H,6,7);1H/p-1. The SMILES string of the molecule is Cc1cc2cc(-c3cccc(-c4ccc(C(C)(C)C)cc4)c3)nc(CN=C(N)N)c2cc1C.O=C([O-])C(F)(F)F.[HH]. The van der Waals surface area contributed by atoms with E-state index in [1.54, 1.807) is 0 Å². The van der Waals surface area contributed by atoms with Crippen LogP contribution in [0.3, 0.4) is 0 Å². The maximum absolute atomic E-state index is 10.5. The second kappa shape index (κ2) is 11.8. The van der Waals surface area contributed by atoms with E-state index in [0.29, 0.717) is 6.54 Å². The summed E-state index contributed by atoms with van der Waals surface area (Å²) in [5.41, 5.74) is 20.4. The van der Waals surface area contributed by atoms with E-state index in [2.05, 4.69) is 106 Å². The highest BCUT2D eigenvalue weighted by Gasteiger charge is 2.28. The highest BCUT2D eigenvalue weighted by atomic mass is 19.4. The number of hydrogen-bond donors (Lipinski definition) is 2. The molecule has 3 aromatic carbocycles. The topological polar surface area (TPSA) is 117 Å². The van der Waals surface area contributed by atoms with Gasteiger partial charge in [0.1, 0.15) is 5.97 Å². The number of fused-ring (bicyclic) bond motifs is 1. The third kappa shape index (κ3) is 7.59. The normalized spacial score (nSPS) is 11.5. The number of guanidine groups is 1. The number of aromatic nitrogens is 1. The molecule has 0 bridgehead atoms. The van der Waals surface area contributed by atoms with Crippen LogP contribution < -0.4 is 16.6 Å². The lowest BCUT2D eigenvalue weighted by Crippen LogP contribution is -2.37. The lowest BCUT2D eigenvalue weighted by molar-refractivity contribution is -0.344. The Bertz CT molecular complexity index is 1560. The summed E-state index contributed by atoms with van der Waals surface area (Å²) < 4.78 is 31.5. The molecule has 212 valence electrons. The average Bonchev–Trinajstić information content (AvgIpc) is 2.87. The predicted molar refractivity (Wildman–Crippen MR) is 153 cm³/mol. The lowest BCUT2D eigenvalue weighted by atomic mass is 9.86. The Morgan fingerprint density at radius 2 is 1.48 bits per heavy atom. The van der Waals surface area contributed by atoms with Gasteiger partial charge in [0.05, 0.1) is 17.9 Å². The number of carboxylic acids is 1. The van der Waals surface area contributed by atoms with Crippen LogP contribution >= 0.6 is 0 Å². The van der Waals surface area contributed by atoms with E-state index >= 15 is 0 Å². The van der Waals surface area contributed by atoms with Crippen LogP contribution in [-0.2, 0) is 16.8 Å². The molecule has 1 aromatic heterocycles. The maximum Gasteiger partial charge on any atom is 0.430 e. The molecule has 6 nitrogen and oxygen atoms in total. The molecule has 0 aliphatic heterocycles. The molecular formula is C31H34F3N4O2-. The fourth-order valence-corrected chi connectivity index (χ4v) is 4.05. The zero-order valence-corrected chi connectivity index (χ0v) is 23.1. The summed E-state index contributed by atoms with van der Waals surface area (Å²) in [5.74, 6) is -2.94. The van der Waals surface area contributed by atoms with Crippen LogP contribution in [0.5, 0.6) is 0 Å². The highest BCUT2D eigenvalue weighted by molar-refractivity contribution is 5.90. The molecule has 1 heterocycles. The molecule has 4 aromatic rings. The Hall–Kier alpha value is -4.40. The van der Waals surface area contributed by atoms with Crippen molar-refractivity contribution >= 4 is 22.7 Å². The number of halogens is 3. The summed E-state index contributed by atoms with van der Waals surface area (Å²) in [4.78, 5) is 18.0. The van der Waals surface area contributed by atoms with Gasteiger partial charge in [-0.3, -0.25) is 4.98 Å². The van der Waals surface area contributed by atoms with Crippen molar-refractivity contribution in [2.24, 2.45) is 16.5 Å². The molecule has 0 saturated carbocycles. The van der Waals surface area contributed by atoms with Crippen LogP contribution in [0.2, 0.25) is 0 Å². The van der Waals surface area contributed by atoms with Crippen LogP contribution in [0.1, 0.15) is 44.6 Å². The Morgan fingerprint density at radius 1 is 0.900 bits per heavy atom. The largest absolute Gasteiger partial charge is 0.542 e. The van der Waals surface area contributed by atoms with E-state index in [-0.39, 0.29) is 12.8 Å². The highest BCUT2D eigenvalue weighted by Crippen LogP contribution is 2.31. The first kappa shape index (κ1) is 30.1. The van der Waals surface area contributed by atoms with Gasteiger partial charge in [-0.25, -0.2) is 4.99 Å². The summed E-state index contributed by atoms with van der Waals surface area (Å²) in [6.07, 6.45) is -5.19. The van der Waals surface area contributed by atoms with Crippen LogP contribution in [0.4, 0.5) is 13.2 Å². The fraction of sp³-hybridized carbons (Fsp3) is 0.258. The zero-order chi connectivity index (χ0) is 29.8. The number of aliphatic imine (C=N–C) groups is 1. The summed E-state index contributed by atoms with van der Waals surface area (Å²) in [7, 11) is 0. The number of carbonyl (C=O) groups is 1. The second-order valence-electron chi connectivity index (χ2n) is 10.5.